The van der Waals surface area contributed by atoms with Crippen molar-refractivity contribution >= 4 is 22.6 Å². The summed E-state index contributed by atoms with van der Waals surface area (Å²) in [5, 5.41) is 12.0. The standard InChI is InChI=1S/C17H14F3N3S/c18-17(19,20)15-7-14(5-4-12(15)8-21)23-13-3-1-2-11(6-13)16-9-22-10-24-16/h4-7,9-10,13,23H,1-3H2. The van der Waals surface area contributed by atoms with Crippen LogP contribution in [0.25, 0.3) is 5.57 Å². The van der Waals surface area contributed by atoms with E-state index in [1.165, 1.54) is 17.7 Å². The smallest absolute Gasteiger partial charge is 0.379 e. The Hall–Kier alpha value is -2.33. The van der Waals surface area contributed by atoms with Crippen LogP contribution >= 0.6 is 11.3 Å². The lowest BCUT2D eigenvalue weighted by Gasteiger charge is -2.23. The molecule has 3 rings (SSSR count). The van der Waals surface area contributed by atoms with E-state index in [1.54, 1.807) is 22.9 Å². The Kier molecular flexibility index (Phi) is 4.58. The number of allylic oxidation sites excluding steroid dienone is 1. The molecule has 1 aromatic heterocycles. The normalized spacial score (nSPS) is 17.9. The molecule has 7 heteroatoms. The van der Waals surface area contributed by atoms with Gasteiger partial charge in [-0.25, -0.2) is 0 Å². The molecule has 0 amide bonds. The molecule has 0 fully saturated rings. The highest BCUT2D eigenvalue weighted by Crippen LogP contribution is 2.35. The number of thiazole rings is 1. The average molecular weight is 349 g/mol. The first-order chi connectivity index (χ1) is 11.5. The van der Waals surface area contributed by atoms with Crippen molar-refractivity contribution in [2.45, 2.75) is 31.5 Å². The molecule has 0 spiro atoms. The molecular formula is C17H14F3N3S. The molecule has 0 saturated carbocycles. The molecular weight excluding hydrogens is 335 g/mol. The maximum Gasteiger partial charge on any atom is 0.417 e. The molecule has 1 unspecified atom stereocenters. The number of alkyl halides is 3. The number of benzene rings is 1. The summed E-state index contributed by atoms with van der Waals surface area (Å²) in [6.07, 6.45) is 2.08. The summed E-state index contributed by atoms with van der Waals surface area (Å²) in [5.41, 5.74) is 2.04. The Labute approximate surface area is 141 Å². The Morgan fingerprint density at radius 2 is 2.17 bits per heavy atom. The predicted molar refractivity (Wildman–Crippen MR) is 87.5 cm³/mol. The number of hydrogen-bond acceptors (Lipinski definition) is 4. The molecule has 1 aromatic carbocycles. The molecule has 3 nitrogen and oxygen atoms in total. The minimum atomic E-state index is -4.54. The summed E-state index contributed by atoms with van der Waals surface area (Å²) in [5.74, 6) is 0. The average Bonchev–Trinajstić information content (AvgIpc) is 3.09. The van der Waals surface area contributed by atoms with E-state index in [0.29, 0.717) is 5.69 Å². The van der Waals surface area contributed by atoms with E-state index in [1.807, 2.05) is 6.20 Å². The molecule has 0 saturated heterocycles. The Bertz CT molecular complexity index is 788. The van der Waals surface area contributed by atoms with Gasteiger partial charge in [-0.15, -0.1) is 11.3 Å². The monoisotopic (exact) mass is 349 g/mol. The second-order valence-corrected chi connectivity index (χ2v) is 6.46. The highest BCUT2D eigenvalue weighted by molar-refractivity contribution is 7.10. The zero-order valence-electron chi connectivity index (χ0n) is 12.6. The van der Waals surface area contributed by atoms with E-state index in [0.717, 1.165) is 30.2 Å². The maximum absolute atomic E-state index is 13.0. The third-order valence-electron chi connectivity index (χ3n) is 3.91. The second kappa shape index (κ2) is 6.65. The largest absolute Gasteiger partial charge is 0.417 e. The van der Waals surface area contributed by atoms with Crippen LogP contribution in [-0.2, 0) is 6.18 Å². The summed E-state index contributed by atoms with van der Waals surface area (Å²) in [6, 6.07) is 5.29. The number of anilines is 1. The van der Waals surface area contributed by atoms with Gasteiger partial charge < -0.3 is 5.32 Å². The Morgan fingerprint density at radius 1 is 1.33 bits per heavy atom. The number of hydrogen-bond donors (Lipinski definition) is 1. The SMILES string of the molecule is N#Cc1ccc(NC2C=C(c3cncs3)CCC2)cc1C(F)(F)F. The number of aromatic nitrogens is 1. The van der Waals surface area contributed by atoms with Gasteiger partial charge in [0.2, 0.25) is 0 Å². The van der Waals surface area contributed by atoms with E-state index in [4.69, 9.17) is 5.26 Å². The van der Waals surface area contributed by atoms with Gasteiger partial charge in [0.15, 0.2) is 0 Å². The third kappa shape index (κ3) is 3.60. The topological polar surface area (TPSA) is 48.7 Å². The van der Waals surface area contributed by atoms with Gasteiger partial charge in [-0.1, -0.05) is 6.08 Å². The van der Waals surface area contributed by atoms with E-state index in [2.05, 4.69) is 16.4 Å². The molecule has 0 radical (unpaired) electrons. The molecule has 0 bridgehead atoms. The van der Waals surface area contributed by atoms with Crippen LogP contribution in [0, 0.1) is 11.3 Å². The van der Waals surface area contributed by atoms with Crippen LogP contribution in [0.3, 0.4) is 0 Å². The summed E-state index contributed by atoms with van der Waals surface area (Å²) in [4.78, 5) is 5.16. The Balaban J connectivity index is 1.84. The second-order valence-electron chi connectivity index (χ2n) is 5.57. The van der Waals surface area contributed by atoms with Crippen LogP contribution in [0.4, 0.5) is 18.9 Å². The molecule has 1 aliphatic rings. The van der Waals surface area contributed by atoms with E-state index < -0.39 is 11.7 Å². The van der Waals surface area contributed by atoms with Crippen LogP contribution in [0.5, 0.6) is 0 Å². The highest BCUT2D eigenvalue weighted by atomic mass is 32.1. The molecule has 1 atom stereocenters. The molecule has 2 aromatic rings. The van der Waals surface area contributed by atoms with Crippen LogP contribution in [0.1, 0.15) is 35.3 Å². The highest BCUT2D eigenvalue weighted by Gasteiger charge is 2.34. The van der Waals surface area contributed by atoms with Crippen molar-refractivity contribution in [3.8, 4) is 6.07 Å². The first-order valence-electron chi connectivity index (χ1n) is 7.45. The number of nitrogens with one attached hydrogen (secondary N) is 1. The van der Waals surface area contributed by atoms with Gasteiger partial charge in [-0.3, -0.25) is 4.98 Å². The van der Waals surface area contributed by atoms with Gasteiger partial charge in [0.1, 0.15) is 0 Å². The molecule has 1 N–H and O–H groups in total. The van der Waals surface area contributed by atoms with Gasteiger partial charge in [-0.2, -0.15) is 18.4 Å². The van der Waals surface area contributed by atoms with Crippen molar-refractivity contribution in [2.75, 3.05) is 5.32 Å². The minimum Gasteiger partial charge on any atom is -0.379 e. The van der Waals surface area contributed by atoms with Gasteiger partial charge in [0.05, 0.1) is 22.7 Å². The van der Waals surface area contributed by atoms with Gasteiger partial charge in [0.25, 0.3) is 0 Å². The van der Waals surface area contributed by atoms with Gasteiger partial charge >= 0.3 is 6.18 Å². The summed E-state index contributed by atoms with van der Waals surface area (Å²) < 4.78 is 39.1. The van der Waals surface area contributed by atoms with Crippen LogP contribution < -0.4 is 5.32 Å². The number of nitriles is 1. The summed E-state index contributed by atoms with van der Waals surface area (Å²) >= 11 is 1.56. The van der Waals surface area contributed by atoms with Crippen LogP contribution in [-0.4, -0.2) is 11.0 Å². The molecule has 124 valence electrons. The fourth-order valence-corrected chi connectivity index (χ4v) is 3.47. The lowest BCUT2D eigenvalue weighted by atomic mass is 9.94. The van der Waals surface area contributed by atoms with Gasteiger partial charge in [0, 0.05) is 22.8 Å². The van der Waals surface area contributed by atoms with E-state index >= 15 is 0 Å². The van der Waals surface area contributed by atoms with E-state index in [-0.39, 0.29) is 11.6 Å². The first-order valence-corrected chi connectivity index (χ1v) is 8.33. The molecule has 1 aliphatic carbocycles. The van der Waals surface area contributed by atoms with Crippen molar-refractivity contribution < 1.29 is 13.2 Å². The van der Waals surface area contributed by atoms with Crippen LogP contribution in [0.15, 0.2) is 36.0 Å². The quantitative estimate of drug-likeness (QED) is 0.840. The maximum atomic E-state index is 13.0. The first kappa shape index (κ1) is 16.5. The number of nitrogens with zero attached hydrogens (tertiary/aromatic N) is 2. The third-order valence-corrected chi connectivity index (χ3v) is 4.76. The van der Waals surface area contributed by atoms with Crippen molar-refractivity contribution in [2.24, 2.45) is 0 Å². The zero-order chi connectivity index (χ0) is 17.2. The molecule has 0 aliphatic heterocycles. The lowest BCUT2D eigenvalue weighted by molar-refractivity contribution is -0.137. The summed E-state index contributed by atoms with van der Waals surface area (Å²) in [7, 11) is 0. The minimum absolute atomic E-state index is 0.0372. The van der Waals surface area contributed by atoms with E-state index in [9.17, 15) is 13.2 Å². The Morgan fingerprint density at radius 3 is 2.83 bits per heavy atom. The van der Waals surface area contributed by atoms with Crippen molar-refractivity contribution in [1.82, 2.24) is 4.98 Å². The fraction of sp³-hybridized carbons (Fsp3) is 0.294. The number of halogens is 3. The van der Waals surface area contributed by atoms with Crippen molar-refractivity contribution in [1.29, 1.82) is 5.26 Å². The van der Waals surface area contributed by atoms with Crippen LogP contribution in [0.2, 0.25) is 0 Å². The van der Waals surface area contributed by atoms with Crippen molar-refractivity contribution in [3.63, 3.8) is 0 Å². The lowest BCUT2D eigenvalue weighted by Crippen LogP contribution is -2.20. The predicted octanol–water partition coefficient (Wildman–Crippen LogP) is 5.08. The molecule has 1 heterocycles. The van der Waals surface area contributed by atoms with Crippen molar-refractivity contribution in [3.05, 3.63) is 52.0 Å². The molecule has 24 heavy (non-hydrogen) atoms. The van der Waals surface area contributed by atoms with Gasteiger partial charge in [-0.05, 0) is 43.0 Å². The zero-order valence-corrected chi connectivity index (χ0v) is 13.4. The summed E-state index contributed by atoms with van der Waals surface area (Å²) in [6.45, 7) is 0. The number of rotatable bonds is 3. The fourth-order valence-electron chi connectivity index (χ4n) is 2.80.